The van der Waals surface area contributed by atoms with Crippen molar-refractivity contribution in [1.29, 1.82) is 0 Å². The fourth-order valence-corrected chi connectivity index (χ4v) is 3.96. The lowest BCUT2D eigenvalue weighted by molar-refractivity contribution is -0.299. The second-order valence-electron chi connectivity index (χ2n) is 7.04. The summed E-state index contributed by atoms with van der Waals surface area (Å²) in [5, 5.41) is 42.7. The largest absolute Gasteiger partial charge is 0.388 e. The Kier molecular flexibility index (Phi) is 2.65. The Morgan fingerprint density at radius 2 is 1.85 bits per heavy atom. The van der Waals surface area contributed by atoms with Crippen LogP contribution in [-0.2, 0) is 4.74 Å². The minimum atomic E-state index is -2.14. The van der Waals surface area contributed by atoms with Crippen LogP contribution in [0.4, 0.5) is 0 Å². The standard InChI is InChI=1S/C15H22O5/c1-7-6-20-15(19)11(16)8(2)9-5-13(3,4)12(17)10(9)14(7,15)18/h8,11-12,16-19H,1,5-6H2,2-4H3/t8-,11+,12-,14-,15-/m1/s1. The van der Waals surface area contributed by atoms with Gasteiger partial charge in [0.25, 0.3) is 0 Å². The fraction of sp³-hybridized carbons (Fsp3) is 0.733. The summed E-state index contributed by atoms with van der Waals surface area (Å²) >= 11 is 0. The fourth-order valence-electron chi connectivity index (χ4n) is 3.96. The number of hydrogen-bond acceptors (Lipinski definition) is 5. The summed E-state index contributed by atoms with van der Waals surface area (Å²) in [7, 11) is 0. The van der Waals surface area contributed by atoms with Crippen molar-refractivity contribution in [2.45, 2.75) is 50.8 Å². The molecule has 5 heteroatoms. The third kappa shape index (κ3) is 1.30. The average molecular weight is 282 g/mol. The smallest absolute Gasteiger partial charge is 0.231 e. The number of rotatable bonds is 0. The van der Waals surface area contributed by atoms with E-state index < -0.39 is 34.9 Å². The Morgan fingerprint density at radius 3 is 2.45 bits per heavy atom. The SMILES string of the molecule is C=C1CO[C@]2(O)[C@@H](O)[C@H](C)C3=C([C@@H](O)C(C)(C)C3)[C@]12O. The molecule has 0 spiro atoms. The number of fused-ring (bicyclic) bond motifs is 2. The van der Waals surface area contributed by atoms with Gasteiger partial charge in [0.15, 0.2) is 5.60 Å². The highest BCUT2D eigenvalue weighted by molar-refractivity contribution is 5.51. The van der Waals surface area contributed by atoms with Gasteiger partial charge in [-0.05, 0) is 23.0 Å². The van der Waals surface area contributed by atoms with Crippen LogP contribution in [0.25, 0.3) is 0 Å². The van der Waals surface area contributed by atoms with Crippen molar-refractivity contribution in [3.05, 3.63) is 23.3 Å². The van der Waals surface area contributed by atoms with Gasteiger partial charge in [-0.2, -0.15) is 0 Å². The first kappa shape index (κ1) is 14.2. The van der Waals surface area contributed by atoms with Gasteiger partial charge in [0.1, 0.15) is 6.10 Å². The molecule has 0 radical (unpaired) electrons. The van der Waals surface area contributed by atoms with Crippen molar-refractivity contribution < 1.29 is 25.2 Å². The van der Waals surface area contributed by atoms with Crippen molar-refractivity contribution in [3.63, 3.8) is 0 Å². The zero-order valence-electron chi connectivity index (χ0n) is 12.1. The summed E-state index contributed by atoms with van der Waals surface area (Å²) in [6.45, 7) is 9.30. The molecule has 1 fully saturated rings. The van der Waals surface area contributed by atoms with Gasteiger partial charge < -0.3 is 25.2 Å². The van der Waals surface area contributed by atoms with Crippen LogP contribution in [0.3, 0.4) is 0 Å². The molecule has 112 valence electrons. The van der Waals surface area contributed by atoms with E-state index in [2.05, 4.69) is 6.58 Å². The van der Waals surface area contributed by atoms with Crippen molar-refractivity contribution in [3.8, 4) is 0 Å². The number of ether oxygens (including phenoxy) is 1. The van der Waals surface area contributed by atoms with E-state index in [4.69, 9.17) is 4.74 Å². The lowest BCUT2D eigenvalue weighted by Gasteiger charge is -2.48. The Balaban J connectivity index is 2.26. The van der Waals surface area contributed by atoms with E-state index in [0.717, 1.165) is 5.57 Å². The lowest BCUT2D eigenvalue weighted by Crippen LogP contribution is -2.65. The summed E-state index contributed by atoms with van der Waals surface area (Å²) in [6, 6.07) is 0. The maximum Gasteiger partial charge on any atom is 0.231 e. The summed E-state index contributed by atoms with van der Waals surface area (Å²) < 4.78 is 5.28. The maximum atomic E-state index is 11.0. The Hall–Kier alpha value is -0.720. The summed E-state index contributed by atoms with van der Waals surface area (Å²) in [5.41, 5.74) is -0.932. The quantitative estimate of drug-likeness (QED) is 0.473. The number of aliphatic hydroxyl groups excluding tert-OH is 2. The zero-order valence-corrected chi connectivity index (χ0v) is 12.1. The molecule has 0 aromatic rings. The molecule has 3 rings (SSSR count). The van der Waals surface area contributed by atoms with Crippen LogP contribution in [0.1, 0.15) is 27.2 Å². The number of hydrogen-bond donors (Lipinski definition) is 4. The molecule has 1 saturated heterocycles. The second kappa shape index (κ2) is 3.72. The summed E-state index contributed by atoms with van der Waals surface area (Å²) in [6.07, 6.45) is -1.60. The highest BCUT2D eigenvalue weighted by atomic mass is 16.7. The van der Waals surface area contributed by atoms with E-state index >= 15 is 0 Å². The van der Waals surface area contributed by atoms with E-state index in [9.17, 15) is 20.4 Å². The predicted octanol–water partition coefficient (Wildman–Crippen LogP) is 0.0905. The minimum absolute atomic E-state index is 0.0410. The molecule has 20 heavy (non-hydrogen) atoms. The van der Waals surface area contributed by atoms with E-state index in [1.54, 1.807) is 6.92 Å². The normalized spacial score (nSPS) is 50.4. The van der Waals surface area contributed by atoms with Crippen LogP contribution in [0.2, 0.25) is 0 Å². The van der Waals surface area contributed by atoms with Crippen LogP contribution in [0.15, 0.2) is 23.3 Å². The first-order chi connectivity index (χ1) is 9.07. The molecule has 1 heterocycles. The molecule has 5 nitrogen and oxygen atoms in total. The van der Waals surface area contributed by atoms with Gasteiger partial charge in [0.2, 0.25) is 5.79 Å². The third-order valence-corrected chi connectivity index (χ3v) is 5.32. The second-order valence-corrected chi connectivity index (χ2v) is 7.04. The van der Waals surface area contributed by atoms with Crippen molar-refractivity contribution in [2.24, 2.45) is 11.3 Å². The van der Waals surface area contributed by atoms with Crippen LogP contribution in [0, 0.1) is 11.3 Å². The van der Waals surface area contributed by atoms with Crippen LogP contribution >= 0.6 is 0 Å². The highest BCUT2D eigenvalue weighted by Gasteiger charge is 2.70. The molecule has 0 aromatic carbocycles. The maximum absolute atomic E-state index is 11.0. The first-order valence-electron chi connectivity index (χ1n) is 6.94. The molecule has 0 amide bonds. The average Bonchev–Trinajstić information content (AvgIpc) is 2.75. The molecule has 0 saturated carbocycles. The van der Waals surface area contributed by atoms with Gasteiger partial charge in [-0.1, -0.05) is 32.9 Å². The van der Waals surface area contributed by atoms with Gasteiger partial charge in [-0.25, -0.2) is 0 Å². The van der Waals surface area contributed by atoms with Gasteiger partial charge in [-0.15, -0.1) is 0 Å². The lowest BCUT2D eigenvalue weighted by atomic mass is 9.67. The molecule has 0 aromatic heterocycles. The van der Waals surface area contributed by atoms with Crippen molar-refractivity contribution >= 4 is 0 Å². The van der Waals surface area contributed by atoms with E-state index in [-0.39, 0.29) is 12.2 Å². The topological polar surface area (TPSA) is 90.2 Å². The third-order valence-electron chi connectivity index (χ3n) is 5.32. The molecule has 1 aliphatic heterocycles. The van der Waals surface area contributed by atoms with E-state index in [0.29, 0.717) is 12.0 Å². The monoisotopic (exact) mass is 282 g/mol. The summed E-state index contributed by atoms with van der Waals surface area (Å²) in [4.78, 5) is 0. The van der Waals surface area contributed by atoms with Gasteiger partial charge in [0, 0.05) is 5.92 Å². The Bertz CT molecular complexity index is 522. The Morgan fingerprint density at radius 1 is 1.25 bits per heavy atom. The molecule has 5 atom stereocenters. The molecule has 0 unspecified atom stereocenters. The van der Waals surface area contributed by atoms with Gasteiger partial charge >= 0.3 is 0 Å². The van der Waals surface area contributed by atoms with Gasteiger partial charge in [0.05, 0.1) is 12.7 Å². The molecule has 2 aliphatic carbocycles. The highest BCUT2D eigenvalue weighted by Crippen LogP contribution is 2.59. The van der Waals surface area contributed by atoms with Crippen molar-refractivity contribution in [1.82, 2.24) is 0 Å². The molecule has 3 aliphatic rings. The first-order valence-corrected chi connectivity index (χ1v) is 6.94. The van der Waals surface area contributed by atoms with Crippen LogP contribution < -0.4 is 0 Å². The minimum Gasteiger partial charge on any atom is -0.388 e. The van der Waals surface area contributed by atoms with Crippen LogP contribution in [0.5, 0.6) is 0 Å². The van der Waals surface area contributed by atoms with E-state index in [1.807, 2.05) is 13.8 Å². The molecule has 0 bridgehead atoms. The number of aliphatic hydroxyl groups is 4. The van der Waals surface area contributed by atoms with Crippen LogP contribution in [-0.4, -0.2) is 50.6 Å². The molecular formula is C15H22O5. The molecular weight excluding hydrogens is 260 g/mol. The summed E-state index contributed by atoms with van der Waals surface area (Å²) in [5.74, 6) is -2.53. The Labute approximate surface area is 118 Å². The predicted molar refractivity (Wildman–Crippen MR) is 71.6 cm³/mol. The van der Waals surface area contributed by atoms with Crippen molar-refractivity contribution in [2.75, 3.05) is 6.61 Å². The van der Waals surface area contributed by atoms with Gasteiger partial charge in [-0.3, -0.25) is 0 Å². The molecule has 4 N–H and O–H groups in total. The zero-order chi connectivity index (χ0) is 15.1. The van der Waals surface area contributed by atoms with E-state index in [1.165, 1.54) is 0 Å².